The molecule has 7 nitrogen and oxygen atoms in total. The number of halogens is 1. The van der Waals surface area contributed by atoms with Gasteiger partial charge in [0.1, 0.15) is 6.33 Å². The molecule has 0 saturated carbocycles. The predicted octanol–water partition coefficient (Wildman–Crippen LogP) is 1.78. The zero-order chi connectivity index (χ0) is 14.0. The van der Waals surface area contributed by atoms with Crippen LogP contribution in [0.25, 0.3) is 0 Å². The Morgan fingerprint density at radius 2 is 2.21 bits per heavy atom. The van der Waals surface area contributed by atoms with E-state index in [1.165, 1.54) is 6.33 Å². The number of hydrogen-bond donors (Lipinski definition) is 1. The van der Waals surface area contributed by atoms with Gasteiger partial charge in [-0.05, 0) is 26.2 Å². The van der Waals surface area contributed by atoms with E-state index in [1.807, 2.05) is 0 Å². The maximum Gasteiger partial charge on any atom is 0.348 e. The van der Waals surface area contributed by atoms with Crippen LogP contribution in [0.15, 0.2) is 6.33 Å². The minimum Gasteiger partial charge on any atom is -0.390 e. The first-order valence-electron chi connectivity index (χ1n) is 6.03. The van der Waals surface area contributed by atoms with E-state index in [1.54, 1.807) is 11.8 Å². The summed E-state index contributed by atoms with van der Waals surface area (Å²) in [5, 5.41) is 20.9. The molecular formula is C11H15ClN4O3. The van der Waals surface area contributed by atoms with Crippen molar-refractivity contribution in [3.63, 3.8) is 0 Å². The number of hydrogen-bond acceptors (Lipinski definition) is 6. The molecule has 2 heterocycles. The van der Waals surface area contributed by atoms with Crippen LogP contribution in [0, 0.1) is 10.1 Å². The molecule has 0 bridgehead atoms. The second-order valence-corrected chi connectivity index (χ2v) is 5.29. The zero-order valence-corrected chi connectivity index (χ0v) is 11.3. The Balaban J connectivity index is 2.32. The minimum atomic E-state index is -0.736. The van der Waals surface area contributed by atoms with E-state index in [9.17, 15) is 15.2 Å². The lowest BCUT2D eigenvalue weighted by molar-refractivity contribution is -0.384. The highest BCUT2D eigenvalue weighted by molar-refractivity contribution is 6.31. The number of aromatic nitrogens is 2. The monoisotopic (exact) mass is 286 g/mol. The number of nitrogens with zero attached hydrogens (tertiary/aromatic N) is 4. The molecule has 1 atom stereocenters. The Morgan fingerprint density at radius 1 is 1.47 bits per heavy atom. The van der Waals surface area contributed by atoms with Crippen LogP contribution in [0.5, 0.6) is 0 Å². The summed E-state index contributed by atoms with van der Waals surface area (Å²) in [5.41, 5.74) is -1.01. The molecule has 1 N–H and O–H groups in total. The number of nitro groups is 1. The molecule has 0 amide bonds. The molecule has 1 aromatic heterocycles. The highest BCUT2D eigenvalue weighted by Crippen LogP contribution is 2.33. The van der Waals surface area contributed by atoms with Crippen molar-refractivity contribution < 1.29 is 10.0 Å². The fourth-order valence-electron chi connectivity index (χ4n) is 2.21. The molecule has 1 aliphatic heterocycles. The molecular weight excluding hydrogens is 272 g/mol. The molecule has 0 radical (unpaired) electrons. The second-order valence-electron chi connectivity index (χ2n) is 4.93. The summed E-state index contributed by atoms with van der Waals surface area (Å²) in [6, 6.07) is 0. The molecule has 0 aliphatic carbocycles. The van der Waals surface area contributed by atoms with Crippen LogP contribution in [0.2, 0.25) is 5.15 Å². The summed E-state index contributed by atoms with van der Waals surface area (Å²) in [5.74, 6) is 0.225. The van der Waals surface area contributed by atoms with Crippen molar-refractivity contribution in [1.29, 1.82) is 0 Å². The third-order valence-corrected chi connectivity index (χ3v) is 3.58. The maximum atomic E-state index is 11.1. The minimum absolute atomic E-state index is 0.161. The molecule has 19 heavy (non-hydrogen) atoms. The van der Waals surface area contributed by atoms with Gasteiger partial charge in [-0.1, -0.05) is 11.6 Å². The van der Waals surface area contributed by atoms with Gasteiger partial charge in [0.15, 0.2) is 0 Å². The summed E-state index contributed by atoms with van der Waals surface area (Å²) in [7, 11) is 0. The van der Waals surface area contributed by atoms with Gasteiger partial charge in [0.2, 0.25) is 11.0 Å². The highest BCUT2D eigenvalue weighted by atomic mass is 35.5. The molecule has 0 aromatic carbocycles. The average molecular weight is 287 g/mol. The average Bonchev–Trinajstić information content (AvgIpc) is 2.49. The van der Waals surface area contributed by atoms with Crippen molar-refractivity contribution in [2.24, 2.45) is 0 Å². The Morgan fingerprint density at radius 3 is 2.89 bits per heavy atom. The third kappa shape index (κ3) is 3.10. The summed E-state index contributed by atoms with van der Waals surface area (Å²) in [6.45, 7) is 2.88. The summed E-state index contributed by atoms with van der Waals surface area (Å²) in [6.07, 6.45) is 3.15. The van der Waals surface area contributed by atoms with Crippen LogP contribution in [-0.4, -0.2) is 38.7 Å². The number of anilines is 1. The van der Waals surface area contributed by atoms with Crippen molar-refractivity contribution in [2.45, 2.75) is 31.8 Å². The number of aliphatic hydroxyl groups is 1. The Labute approximate surface area is 115 Å². The quantitative estimate of drug-likeness (QED) is 0.506. The zero-order valence-electron chi connectivity index (χ0n) is 10.5. The topological polar surface area (TPSA) is 92.4 Å². The Bertz CT molecular complexity index is 495. The second kappa shape index (κ2) is 5.26. The summed E-state index contributed by atoms with van der Waals surface area (Å²) in [4.78, 5) is 19.9. The molecule has 0 spiro atoms. The Kier molecular flexibility index (Phi) is 3.86. The van der Waals surface area contributed by atoms with Gasteiger partial charge >= 0.3 is 5.69 Å². The lowest BCUT2D eigenvalue weighted by Crippen LogP contribution is -2.29. The fourth-order valence-corrected chi connectivity index (χ4v) is 2.41. The molecule has 1 saturated heterocycles. The first kappa shape index (κ1) is 14.0. The van der Waals surface area contributed by atoms with Gasteiger partial charge in [0.25, 0.3) is 0 Å². The third-order valence-electron chi connectivity index (χ3n) is 3.30. The molecule has 8 heteroatoms. The van der Waals surface area contributed by atoms with Crippen LogP contribution >= 0.6 is 11.6 Å². The molecule has 2 rings (SSSR count). The van der Waals surface area contributed by atoms with Crippen LogP contribution in [0.1, 0.15) is 26.2 Å². The van der Waals surface area contributed by atoms with Gasteiger partial charge in [-0.15, -0.1) is 0 Å². The largest absolute Gasteiger partial charge is 0.390 e. The molecule has 1 fully saturated rings. The first-order valence-corrected chi connectivity index (χ1v) is 6.41. The SMILES string of the molecule is CC1(O)CCCN(c2ncnc(Cl)c2[N+](=O)[O-])CC1. The van der Waals surface area contributed by atoms with Gasteiger partial charge in [0, 0.05) is 13.1 Å². The standard InChI is InChI=1S/C11H15ClN4O3/c1-11(17)3-2-5-15(6-4-11)10-8(16(18)19)9(12)13-7-14-10/h7,17H,2-6H2,1H3. The fraction of sp³-hybridized carbons (Fsp3) is 0.636. The smallest absolute Gasteiger partial charge is 0.348 e. The van der Waals surface area contributed by atoms with E-state index < -0.39 is 10.5 Å². The van der Waals surface area contributed by atoms with E-state index >= 15 is 0 Å². The van der Waals surface area contributed by atoms with Gasteiger partial charge < -0.3 is 10.0 Å². The van der Waals surface area contributed by atoms with E-state index in [0.29, 0.717) is 25.9 Å². The van der Waals surface area contributed by atoms with Crippen molar-refractivity contribution in [1.82, 2.24) is 9.97 Å². The van der Waals surface area contributed by atoms with Crippen LogP contribution < -0.4 is 4.90 Å². The van der Waals surface area contributed by atoms with Crippen molar-refractivity contribution in [3.8, 4) is 0 Å². The van der Waals surface area contributed by atoms with Crippen molar-refractivity contribution >= 4 is 23.1 Å². The summed E-state index contributed by atoms with van der Waals surface area (Å²) >= 11 is 5.77. The van der Waals surface area contributed by atoms with Crippen LogP contribution in [-0.2, 0) is 0 Å². The molecule has 1 aliphatic rings. The molecule has 104 valence electrons. The molecule has 1 aromatic rings. The van der Waals surface area contributed by atoms with Gasteiger partial charge in [-0.2, -0.15) is 0 Å². The molecule has 1 unspecified atom stereocenters. The van der Waals surface area contributed by atoms with Crippen molar-refractivity contribution in [3.05, 3.63) is 21.6 Å². The van der Waals surface area contributed by atoms with Crippen molar-refractivity contribution in [2.75, 3.05) is 18.0 Å². The first-order chi connectivity index (χ1) is 8.91. The van der Waals surface area contributed by atoms with E-state index in [4.69, 9.17) is 11.6 Å². The lowest BCUT2D eigenvalue weighted by atomic mass is 9.98. The van der Waals surface area contributed by atoms with E-state index in [2.05, 4.69) is 9.97 Å². The van der Waals surface area contributed by atoms with Crippen LogP contribution in [0.4, 0.5) is 11.5 Å². The summed E-state index contributed by atoms with van der Waals surface area (Å²) < 4.78 is 0. The van der Waals surface area contributed by atoms with E-state index in [-0.39, 0.29) is 16.7 Å². The lowest BCUT2D eigenvalue weighted by Gasteiger charge is -2.22. The van der Waals surface area contributed by atoms with Crippen LogP contribution in [0.3, 0.4) is 0 Å². The van der Waals surface area contributed by atoms with Gasteiger partial charge in [-0.3, -0.25) is 10.1 Å². The maximum absolute atomic E-state index is 11.1. The Hall–Kier alpha value is -1.47. The highest BCUT2D eigenvalue weighted by Gasteiger charge is 2.30. The number of rotatable bonds is 2. The van der Waals surface area contributed by atoms with Gasteiger partial charge in [-0.25, -0.2) is 9.97 Å². The normalized spacial score (nSPS) is 24.1. The predicted molar refractivity (Wildman–Crippen MR) is 70.4 cm³/mol. The van der Waals surface area contributed by atoms with E-state index in [0.717, 1.165) is 6.42 Å². The van der Waals surface area contributed by atoms with Gasteiger partial charge in [0.05, 0.1) is 10.5 Å².